The Morgan fingerprint density at radius 3 is 2.58 bits per heavy atom. The lowest BCUT2D eigenvalue weighted by Gasteiger charge is -2.35. The molecule has 2 heterocycles. The van der Waals surface area contributed by atoms with Gasteiger partial charge in [-0.15, -0.1) is 0 Å². The SMILES string of the molecule is CC(C)CC(CNC(=O)c1nn(-c2ccc(F)cc2)c2c1CCCC2)N1CCOCC1. The highest BCUT2D eigenvalue weighted by Crippen LogP contribution is 2.27. The zero-order valence-electron chi connectivity index (χ0n) is 18.6. The van der Waals surface area contributed by atoms with E-state index < -0.39 is 0 Å². The van der Waals surface area contributed by atoms with Crippen molar-refractivity contribution in [2.75, 3.05) is 32.8 Å². The average molecular weight is 429 g/mol. The number of benzene rings is 1. The number of hydrogen-bond acceptors (Lipinski definition) is 4. The Morgan fingerprint density at radius 1 is 1.16 bits per heavy atom. The van der Waals surface area contributed by atoms with E-state index in [4.69, 9.17) is 9.84 Å². The van der Waals surface area contributed by atoms with Crippen LogP contribution < -0.4 is 5.32 Å². The molecule has 0 bridgehead atoms. The fraction of sp³-hybridized carbons (Fsp3) is 0.583. The summed E-state index contributed by atoms with van der Waals surface area (Å²) in [5.41, 5.74) is 3.43. The van der Waals surface area contributed by atoms with Gasteiger partial charge in [0.2, 0.25) is 0 Å². The van der Waals surface area contributed by atoms with Gasteiger partial charge in [0.1, 0.15) is 5.82 Å². The molecular weight excluding hydrogens is 395 g/mol. The van der Waals surface area contributed by atoms with Crippen LogP contribution in [-0.2, 0) is 17.6 Å². The number of nitrogens with zero attached hydrogens (tertiary/aromatic N) is 3. The van der Waals surface area contributed by atoms with Crippen LogP contribution in [0, 0.1) is 11.7 Å². The quantitative estimate of drug-likeness (QED) is 0.735. The minimum absolute atomic E-state index is 0.110. The number of carbonyl (C=O) groups excluding carboxylic acids is 1. The molecule has 1 unspecified atom stereocenters. The van der Waals surface area contributed by atoms with Gasteiger partial charge in [-0.05, 0) is 62.3 Å². The first-order chi connectivity index (χ1) is 15.0. The number of hydrogen-bond donors (Lipinski definition) is 1. The van der Waals surface area contributed by atoms with Crippen molar-refractivity contribution in [2.24, 2.45) is 5.92 Å². The lowest BCUT2D eigenvalue weighted by atomic mass is 9.95. The molecule has 2 aliphatic rings. The maximum Gasteiger partial charge on any atom is 0.272 e. The van der Waals surface area contributed by atoms with Crippen LogP contribution in [0.15, 0.2) is 24.3 Å². The van der Waals surface area contributed by atoms with Crippen molar-refractivity contribution in [2.45, 2.75) is 52.0 Å². The summed E-state index contributed by atoms with van der Waals surface area (Å²) in [7, 11) is 0. The highest BCUT2D eigenvalue weighted by Gasteiger charge is 2.27. The predicted octanol–water partition coefficient (Wildman–Crippen LogP) is 3.37. The summed E-state index contributed by atoms with van der Waals surface area (Å²) in [4.78, 5) is 15.6. The van der Waals surface area contributed by atoms with Crippen LogP contribution in [0.4, 0.5) is 4.39 Å². The van der Waals surface area contributed by atoms with E-state index in [9.17, 15) is 9.18 Å². The molecule has 1 N–H and O–H groups in total. The van der Waals surface area contributed by atoms with E-state index in [0.717, 1.165) is 75.4 Å². The third-order valence-electron chi connectivity index (χ3n) is 6.27. The van der Waals surface area contributed by atoms with E-state index in [0.29, 0.717) is 24.2 Å². The van der Waals surface area contributed by atoms with E-state index in [-0.39, 0.29) is 11.7 Å². The van der Waals surface area contributed by atoms with Crippen molar-refractivity contribution in [3.63, 3.8) is 0 Å². The summed E-state index contributed by atoms with van der Waals surface area (Å²) in [6.07, 6.45) is 4.91. The molecule has 1 amide bonds. The third-order valence-corrected chi connectivity index (χ3v) is 6.27. The van der Waals surface area contributed by atoms with Crippen LogP contribution in [-0.4, -0.2) is 59.5 Å². The number of ether oxygens (including phenoxy) is 1. The van der Waals surface area contributed by atoms with Crippen LogP contribution in [0.5, 0.6) is 0 Å². The fourth-order valence-electron chi connectivity index (χ4n) is 4.72. The van der Waals surface area contributed by atoms with Gasteiger partial charge in [0.05, 0.1) is 18.9 Å². The molecule has 4 rings (SSSR count). The van der Waals surface area contributed by atoms with Gasteiger partial charge in [0.25, 0.3) is 5.91 Å². The summed E-state index contributed by atoms with van der Waals surface area (Å²) in [5.74, 6) is 0.165. The average Bonchev–Trinajstić information content (AvgIpc) is 3.17. The number of rotatable bonds is 7. The van der Waals surface area contributed by atoms with Crippen molar-refractivity contribution in [1.29, 1.82) is 0 Å². The molecular formula is C24H33FN4O2. The summed E-state index contributed by atoms with van der Waals surface area (Å²) in [6.45, 7) is 8.35. The van der Waals surface area contributed by atoms with Gasteiger partial charge in [-0.1, -0.05) is 13.8 Å². The first-order valence-electron chi connectivity index (χ1n) is 11.5. The van der Waals surface area contributed by atoms with Crippen LogP contribution >= 0.6 is 0 Å². The monoisotopic (exact) mass is 428 g/mol. The summed E-state index contributed by atoms with van der Waals surface area (Å²) >= 11 is 0. The normalized spacial score (nSPS) is 18.1. The zero-order chi connectivity index (χ0) is 21.8. The molecule has 31 heavy (non-hydrogen) atoms. The standard InChI is InChI=1S/C24H33FN4O2/c1-17(2)15-20(28-11-13-31-14-12-28)16-26-24(30)23-21-5-3-4-6-22(21)29(27-23)19-9-7-18(25)8-10-19/h7-10,17,20H,3-6,11-16H2,1-2H3,(H,26,30). The Bertz CT molecular complexity index is 888. The Morgan fingerprint density at radius 2 is 1.87 bits per heavy atom. The zero-order valence-corrected chi connectivity index (χ0v) is 18.6. The molecule has 0 spiro atoms. The van der Waals surface area contributed by atoms with E-state index in [1.165, 1.54) is 12.1 Å². The minimum atomic E-state index is -0.276. The molecule has 1 atom stereocenters. The van der Waals surface area contributed by atoms with Crippen LogP contribution in [0.2, 0.25) is 0 Å². The van der Waals surface area contributed by atoms with Crippen LogP contribution in [0.1, 0.15) is 54.9 Å². The molecule has 1 aliphatic heterocycles. The molecule has 1 aromatic carbocycles. The van der Waals surface area contributed by atoms with E-state index in [2.05, 4.69) is 24.1 Å². The lowest BCUT2D eigenvalue weighted by molar-refractivity contribution is 0.0124. The van der Waals surface area contributed by atoms with Crippen molar-refractivity contribution in [3.05, 3.63) is 47.0 Å². The highest BCUT2D eigenvalue weighted by atomic mass is 19.1. The maximum atomic E-state index is 13.4. The molecule has 1 aliphatic carbocycles. The smallest absolute Gasteiger partial charge is 0.272 e. The van der Waals surface area contributed by atoms with Crippen molar-refractivity contribution >= 4 is 5.91 Å². The van der Waals surface area contributed by atoms with Gasteiger partial charge >= 0.3 is 0 Å². The van der Waals surface area contributed by atoms with E-state index in [1.54, 1.807) is 12.1 Å². The van der Waals surface area contributed by atoms with Crippen molar-refractivity contribution < 1.29 is 13.9 Å². The van der Waals surface area contributed by atoms with Gasteiger partial charge in [-0.2, -0.15) is 5.10 Å². The minimum Gasteiger partial charge on any atom is -0.379 e. The summed E-state index contributed by atoms with van der Waals surface area (Å²) in [5, 5.41) is 7.86. The molecule has 1 saturated heterocycles. The second kappa shape index (κ2) is 9.92. The molecule has 1 fully saturated rings. The highest BCUT2D eigenvalue weighted by molar-refractivity contribution is 5.94. The molecule has 2 aromatic rings. The molecule has 1 aromatic heterocycles. The molecule has 6 nitrogen and oxygen atoms in total. The topological polar surface area (TPSA) is 59.4 Å². The largest absolute Gasteiger partial charge is 0.379 e. The maximum absolute atomic E-state index is 13.4. The number of fused-ring (bicyclic) bond motifs is 1. The Labute approximate surface area is 183 Å². The number of amides is 1. The molecule has 7 heteroatoms. The Balaban J connectivity index is 1.53. The van der Waals surface area contributed by atoms with Gasteiger partial charge in [-0.25, -0.2) is 9.07 Å². The van der Waals surface area contributed by atoms with Gasteiger partial charge in [0.15, 0.2) is 5.69 Å². The first kappa shape index (κ1) is 22.0. The van der Waals surface area contributed by atoms with E-state index in [1.807, 2.05) is 4.68 Å². The first-order valence-corrected chi connectivity index (χ1v) is 11.5. The predicted molar refractivity (Wildman–Crippen MR) is 118 cm³/mol. The number of morpholine rings is 1. The Kier molecular flexibility index (Phi) is 7.02. The molecule has 0 saturated carbocycles. The number of carbonyl (C=O) groups is 1. The number of aromatic nitrogens is 2. The third kappa shape index (κ3) is 5.15. The summed E-state index contributed by atoms with van der Waals surface area (Å²) in [6, 6.07) is 6.60. The Hall–Kier alpha value is -2.25. The second-order valence-electron chi connectivity index (χ2n) is 9.01. The van der Waals surface area contributed by atoms with Crippen molar-refractivity contribution in [1.82, 2.24) is 20.0 Å². The molecule has 0 radical (unpaired) electrons. The number of halogens is 1. The fourth-order valence-corrected chi connectivity index (χ4v) is 4.72. The van der Waals surface area contributed by atoms with Crippen LogP contribution in [0.3, 0.4) is 0 Å². The van der Waals surface area contributed by atoms with Gasteiger partial charge < -0.3 is 10.1 Å². The number of nitrogens with one attached hydrogen (secondary N) is 1. The van der Waals surface area contributed by atoms with E-state index >= 15 is 0 Å². The summed E-state index contributed by atoms with van der Waals surface area (Å²) < 4.78 is 20.7. The van der Waals surface area contributed by atoms with Gasteiger partial charge in [-0.3, -0.25) is 9.69 Å². The van der Waals surface area contributed by atoms with Gasteiger partial charge in [0, 0.05) is 36.9 Å². The van der Waals surface area contributed by atoms with Crippen molar-refractivity contribution in [3.8, 4) is 5.69 Å². The molecule has 168 valence electrons. The lowest BCUT2D eigenvalue weighted by Crippen LogP contribution is -2.49. The second-order valence-corrected chi connectivity index (χ2v) is 9.01. The van der Waals surface area contributed by atoms with Crippen LogP contribution in [0.25, 0.3) is 5.69 Å².